The Hall–Kier alpha value is -1.95. The largest absolute Gasteiger partial charge is 0.349 e. The van der Waals surface area contributed by atoms with Gasteiger partial charge in [-0.2, -0.15) is 0 Å². The minimum absolute atomic E-state index is 0.0920. The van der Waals surface area contributed by atoms with Crippen molar-refractivity contribution in [1.82, 2.24) is 14.9 Å². The van der Waals surface area contributed by atoms with Crippen molar-refractivity contribution in [2.24, 2.45) is 13.0 Å². The second kappa shape index (κ2) is 6.28. The van der Waals surface area contributed by atoms with Gasteiger partial charge in [0.25, 0.3) is 11.5 Å². The number of hydrogen-bond acceptors (Lipinski definition) is 3. The van der Waals surface area contributed by atoms with Crippen LogP contribution < -0.4 is 10.9 Å². The fraction of sp³-hybridized carbons (Fsp3) is 0.471. The van der Waals surface area contributed by atoms with E-state index in [4.69, 9.17) is 12.2 Å². The molecule has 2 N–H and O–H groups in total. The lowest BCUT2D eigenvalue weighted by atomic mass is 9.86. The molecule has 2 aromatic rings. The van der Waals surface area contributed by atoms with E-state index in [1.54, 1.807) is 25.2 Å². The molecule has 1 aliphatic carbocycles. The molecule has 1 aromatic heterocycles. The quantitative estimate of drug-likeness (QED) is 0.832. The number of aromatic amines is 1. The molecule has 0 bridgehead atoms. The highest BCUT2D eigenvalue weighted by atomic mass is 32.1. The molecule has 1 fully saturated rings. The normalized spacial score (nSPS) is 21.3. The lowest BCUT2D eigenvalue weighted by molar-refractivity contribution is 0.0910. The summed E-state index contributed by atoms with van der Waals surface area (Å²) in [6.45, 7) is 2.19. The summed E-state index contributed by atoms with van der Waals surface area (Å²) in [6.07, 6.45) is 4.59. The average molecular weight is 331 g/mol. The molecule has 1 aromatic carbocycles. The van der Waals surface area contributed by atoms with Gasteiger partial charge in [-0.1, -0.05) is 19.8 Å². The molecule has 3 rings (SSSR count). The maximum atomic E-state index is 12.5. The van der Waals surface area contributed by atoms with E-state index in [9.17, 15) is 9.59 Å². The Morgan fingerprint density at radius 1 is 1.35 bits per heavy atom. The molecule has 122 valence electrons. The van der Waals surface area contributed by atoms with Gasteiger partial charge in [-0.3, -0.25) is 14.2 Å². The van der Waals surface area contributed by atoms with Crippen LogP contribution in [-0.2, 0) is 7.05 Å². The molecule has 0 aliphatic heterocycles. The topological polar surface area (TPSA) is 66.9 Å². The van der Waals surface area contributed by atoms with Crippen molar-refractivity contribution in [2.75, 3.05) is 0 Å². The summed E-state index contributed by atoms with van der Waals surface area (Å²) in [6, 6.07) is 5.31. The zero-order valence-corrected chi connectivity index (χ0v) is 14.2. The van der Waals surface area contributed by atoms with Crippen LogP contribution in [0, 0.1) is 10.7 Å². The Balaban J connectivity index is 1.91. The second-order valence-corrected chi connectivity index (χ2v) is 6.78. The van der Waals surface area contributed by atoms with Crippen LogP contribution in [0.25, 0.3) is 10.9 Å². The number of amides is 1. The highest BCUT2D eigenvalue weighted by molar-refractivity contribution is 7.71. The molecule has 2 atom stereocenters. The number of nitrogens with zero attached hydrogens (tertiary/aromatic N) is 1. The number of benzene rings is 1. The maximum Gasteiger partial charge on any atom is 0.261 e. The summed E-state index contributed by atoms with van der Waals surface area (Å²) in [5.41, 5.74) is 0.994. The van der Waals surface area contributed by atoms with Crippen molar-refractivity contribution in [3.05, 3.63) is 38.9 Å². The van der Waals surface area contributed by atoms with Crippen molar-refractivity contribution in [3.8, 4) is 0 Å². The Morgan fingerprint density at radius 3 is 2.83 bits per heavy atom. The maximum absolute atomic E-state index is 12.5. The molecule has 1 heterocycles. The average Bonchev–Trinajstić information content (AvgIpc) is 2.54. The highest BCUT2D eigenvalue weighted by Crippen LogP contribution is 2.24. The van der Waals surface area contributed by atoms with Crippen LogP contribution >= 0.6 is 12.2 Å². The van der Waals surface area contributed by atoms with Gasteiger partial charge < -0.3 is 10.3 Å². The van der Waals surface area contributed by atoms with Gasteiger partial charge >= 0.3 is 0 Å². The SMILES string of the molecule is C[C@@H]1CCCC[C@@H]1NC(=O)c1ccc2c(=O)n(C)c(=S)[nH]c2c1. The van der Waals surface area contributed by atoms with E-state index in [1.807, 2.05) is 0 Å². The first-order valence-corrected chi connectivity index (χ1v) is 8.42. The first-order chi connectivity index (χ1) is 11.0. The van der Waals surface area contributed by atoms with E-state index >= 15 is 0 Å². The van der Waals surface area contributed by atoms with Crippen LogP contribution in [0.5, 0.6) is 0 Å². The van der Waals surface area contributed by atoms with Crippen molar-refractivity contribution >= 4 is 29.0 Å². The number of carbonyl (C=O) groups is 1. The molecule has 0 spiro atoms. The Labute approximate surface area is 139 Å². The van der Waals surface area contributed by atoms with Gasteiger partial charge in [-0.15, -0.1) is 0 Å². The minimum Gasteiger partial charge on any atom is -0.349 e. The Kier molecular flexibility index (Phi) is 4.35. The molecule has 0 unspecified atom stereocenters. The summed E-state index contributed by atoms with van der Waals surface area (Å²) in [5, 5.41) is 3.66. The predicted molar refractivity (Wildman–Crippen MR) is 93.3 cm³/mol. The van der Waals surface area contributed by atoms with Crippen LogP contribution in [0.2, 0.25) is 0 Å². The molecule has 0 radical (unpaired) electrons. The van der Waals surface area contributed by atoms with Crippen LogP contribution in [0.4, 0.5) is 0 Å². The number of carbonyl (C=O) groups excluding carboxylic acids is 1. The number of fused-ring (bicyclic) bond motifs is 1. The monoisotopic (exact) mass is 331 g/mol. The predicted octanol–water partition coefficient (Wildman–Crippen LogP) is 2.90. The Morgan fingerprint density at radius 2 is 2.09 bits per heavy atom. The summed E-state index contributed by atoms with van der Waals surface area (Å²) in [4.78, 5) is 27.7. The van der Waals surface area contributed by atoms with E-state index in [0.29, 0.717) is 27.2 Å². The van der Waals surface area contributed by atoms with Crippen molar-refractivity contribution in [3.63, 3.8) is 0 Å². The molecular weight excluding hydrogens is 310 g/mol. The number of rotatable bonds is 2. The van der Waals surface area contributed by atoms with Gasteiger partial charge in [0.2, 0.25) is 0 Å². The van der Waals surface area contributed by atoms with Gasteiger partial charge in [0.1, 0.15) is 0 Å². The molecule has 5 nitrogen and oxygen atoms in total. The molecule has 6 heteroatoms. The van der Waals surface area contributed by atoms with Gasteiger partial charge in [-0.25, -0.2) is 0 Å². The smallest absolute Gasteiger partial charge is 0.261 e. The third kappa shape index (κ3) is 3.08. The fourth-order valence-electron chi connectivity index (χ4n) is 3.23. The number of nitrogens with one attached hydrogen (secondary N) is 2. The highest BCUT2D eigenvalue weighted by Gasteiger charge is 2.23. The molecule has 1 saturated carbocycles. The number of aromatic nitrogens is 2. The van der Waals surface area contributed by atoms with Crippen LogP contribution in [0.1, 0.15) is 43.0 Å². The lowest BCUT2D eigenvalue weighted by Crippen LogP contribution is -2.41. The zero-order chi connectivity index (χ0) is 16.6. The molecule has 23 heavy (non-hydrogen) atoms. The summed E-state index contributed by atoms with van der Waals surface area (Å²) < 4.78 is 1.74. The third-order valence-electron chi connectivity index (χ3n) is 4.79. The zero-order valence-electron chi connectivity index (χ0n) is 13.4. The fourth-order valence-corrected chi connectivity index (χ4v) is 3.42. The van der Waals surface area contributed by atoms with Crippen LogP contribution in [-0.4, -0.2) is 21.5 Å². The summed E-state index contributed by atoms with van der Waals surface area (Å²) in [7, 11) is 1.63. The third-order valence-corrected chi connectivity index (χ3v) is 5.17. The molecule has 1 amide bonds. The van der Waals surface area contributed by atoms with E-state index in [0.717, 1.165) is 19.3 Å². The summed E-state index contributed by atoms with van der Waals surface area (Å²) in [5.74, 6) is 0.414. The van der Waals surface area contributed by atoms with Crippen molar-refractivity contribution in [1.29, 1.82) is 0 Å². The van der Waals surface area contributed by atoms with E-state index < -0.39 is 0 Å². The van der Waals surface area contributed by atoms with Gasteiger partial charge in [-0.05, 0) is 49.2 Å². The van der Waals surface area contributed by atoms with Crippen LogP contribution in [0.3, 0.4) is 0 Å². The van der Waals surface area contributed by atoms with Gasteiger partial charge in [0.05, 0.1) is 10.9 Å². The lowest BCUT2D eigenvalue weighted by Gasteiger charge is -2.29. The van der Waals surface area contributed by atoms with Crippen molar-refractivity contribution in [2.45, 2.75) is 38.6 Å². The van der Waals surface area contributed by atoms with Crippen LogP contribution in [0.15, 0.2) is 23.0 Å². The van der Waals surface area contributed by atoms with E-state index in [-0.39, 0.29) is 17.5 Å². The first-order valence-electron chi connectivity index (χ1n) is 8.01. The molecule has 0 saturated heterocycles. The van der Waals surface area contributed by atoms with Crippen molar-refractivity contribution < 1.29 is 4.79 Å². The first kappa shape index (κ1) is 15.9. The van der Waals surface area contributed by atoms with E-state index in [1.165, 1.54) is 11.0 Å². The molecular formula is C17H21N3O2S. The number of H-pyrrole nitrogens is 1. The summed E-state index contributed by atoms with van der Waals surface area (Å²) >= 11 is 5.13. The molecule has 1 aliphatic rings. The minimum atomic E-state index is -0.156. The second-order valence-electron chi connectivity index (χ2n) is 6.40. The van der Waals surface area contributed by atoms with E-state index in [2.05, 4.69) is 17.2 Å². The standard InChI is InChI=1S/C17H21N3O2S/c1-10-5-3-4-6-13(10)18-15(21)11-7-8-12-14(9-11)19-17(23)20(2)16(12)22/h7-10,13H,3-6H2,1-2H3,(H,18,21)(H,19,23)/t10-,13+/m1/s1. The van der Waals surface area contributed by atoms with Gasteiger partial charge in [0.15, 0.2) is 4.77 Å². The Bertz CT molecular complexity index is 868. The number of hydrogen-bond donors (Lipinski definition) is 2. The van der Waals surface area contributed by atoms with Gasteiger partial charge in [0, 0.05) is 18.7 Å².